The number of thiophene rings is 1. The van der Waals surface area contributed by atoms with Crippen molar-refractivity contribution < 1.29 is 4.79 Å². The molecule has 1 amide bonds. The van der Waals surface area contributed by atoms with Gasteiger partial charge in [-0.15, -0.1) is 16.4 Å². The van der Waals surface area contributed by atoms with Gasteiger partial charge in [0.25, 0.3) is 5.56 Å². The van der Waals surface area contributed by atoms with Crippen molar-refractivity contribution in [3.63, 3.8) is 0 Å². The SMILES string of the molecule is Cc1sc2ncn(CCC(=O)N/N=c3\sc4ccccc4n3C)c(=O)c2c1C. The lowest BCUT2D eigenvalue weighted by molar-refractivity contribution is -0.121. The third-order valence-electron chi connectivity index (χ3n) is 4.73. The molecular weight excluding hydrogens is 394 g/mol. The molecule has 4 rings (SSSR count). The molecule has 0 fully saturated rings. The van der Waals surface area contributed by atoms with Crippen molar-refractivity contribution in [2.24, 2.45) is 12.1 Å². The summed E-state index contributed by atoms with van der Waals surface area (Å²) >= 11 is 3.02. The van der Waals surface area contributed by atoms with Gasteiger partial charge in [-0.3, -0.25) is 14.2 Å². The number of benzene rings is 1. The van der Waals surface area contributed by atoms with Gasteiger partial charge < -0.3 is 4.57 Å². The summed E-state index contributed by atoms with van der Waals surface area (Å²) in [5, 5.41) is 4.87. The molecule has 3 heterocycles. The average Bonchev–Trinajstić information content (AvgIpc) is 3.16. The Labute approximate surface area is 168 Å². The number of thiazole rings is 1. The van der Waals surface area contributed by atoms with Crippen LogP contribution in [-0.2, 0) is 18.4 Å². The molecule has 1 aromatic carbocycles. The first-order chi connectivity index (χ1) is 13.5. The molecule has 1 N–H and O–H groups in total. The van der Waals surface area contributed by atoms with Gasteiger partial charge in [-0.1, -0.05) is 23.5 Å². The fourth-order valence-electron chi connectivity index (χ4n) is 3.01. The van der Waals surface area contributed by atoms with Crippen LogP contribution in [0.3, 0.4) is 0 Å². The molecule has 7 nitrogen and oxygen atoms in total. The van der Waals surface area contributed by atoms with Gasteiger partial charge in [0.15, 0.2) is 0 Å². The highest BCUT2D eigenvalue weighted by atomic mass is 32.1. The van der Waals surface area contributed by atoms with Crippen LogP contribution < -0.4 is 15.8 Å². The fourth-order valence-corrected chi connectivity index (χ4v) is 4.97. The number of nitrogens with one attached hydrogen (secondary N) is 1. The highest BCUT2D eigenvalue weighted by Gasteiger charge is 2.12. The molecule has 28 heavy (non-hydrogen) atoms. The summed E-state index contributed by atoms with van der Waals surface area (Å²) in [6.45, 7) is 4.17. The van der Waals surface area contributed by atoms with Crippen LogP contribution in [0.1, 0.15) is 16.9 Å². The molecule has 0 atom stereocenters. The summed E-state index contributed by atoms with van der Waals surface area (Å²) in [6.07, 6.45) is 1.66. The highest BCUT2D eigenvalue weighted by molar-refractivity contribution is 7.18. The van der Waals surface area contributed by atoms with E-state index in [0.717, 1.165) is 25.5 Å². The first kappa shape index (κ1) is 18.6. The van der Waals surface area contributed by atoms with Crippen LogP contribution in [0.15, 0.2) is 40.5 Å². The summed E-state index contributed by atoms with van der Waals surface area (Å²) in [4.78, 5) is 31.8. The van der Waals surface area contributed by atoms with Crippen molar-refractivity contribution in [2.75, 3.05) is 0 Å². The van der Waals surface area contributed by atoms with Gasteiger partial charge in [0.1, 0.15) is 4.83 Å². The van der Waals surface area contributed by atoms with Gasteiger partial charge in [-0.2, -0.15) is 0 Å². The van der Waals surface area contributed by atoms with E-state index in [1.165, 1.54) is 33.6 Å². The molecule has 0 bridgehead atoms. The Bertz CT molecular complexity index is 1330. The Morgan fingerprint density at radius 2 is 2.04 bits per heavy atom. The lowest BCUT2D eigenvalue weighted by Gasteiger charge is -2.04. The number of nitrogens with zero attached hydrogens (tertiary/aromatic N) is 4. The Morgan fingerprint density at radius 3 is 2.82 bits per heavy atom. The summed E-state index contributed by atoms with van der Waals surface area (Å²) in [7, 11) is 1.91. The van der Waals surface area contributed by atoms with Crippen molar-refractivity contribution in [1.29, 1.82) is 0 Å². The van der Waals surface area contributed by atoms with Crippen LogP contribution in [0.5, 0.6) is 0 Å². The van der Waals surface area contributed by atoms with Crippen LogP contribution in [-0.4, -0.2) is 20.0 Å². The smallest absolute Gasteiger partial charge is 0.262 e. The van der Waals surface area contributed by atoms with E-state index in [0.29, 0.717) is 10.2 Å². The molecule has 4 aromatic rings. The van der Waals surface area contributed by atoms with Crippen molar-refractivity contribution in [3.8, 4) is 0 Å². The third kappa shape index (κ3) is 3.27. The first-order valence-corrected chi connectivity index (χ1v) is 10.4. The van der Waals surface area contributed by atoms with Crippen LogP contribution in [0.4, 0.5) is 0 Å². The van der Waals surface area contributed by atoms with Crippen molar-refractivity contribution in [1.82, 2.24) is 19.5 Å². The number of hydrogen-bond acceptors (Lipinski definition) is 6. The maximum atomic E-state index is 12.7. The van der Waals surface area contributed by atoms with Crippen LogP contribution >= 0.6 is 22.7 Å². The summed E-state index contributed by atoms with van der Waals surface area (Å²) in [5.74, 6) is -0.248. The monoisotopic (exact) mass is 413 g/mol. The fraction of sp³-hybridized carbons (Fsp3) is 0.263. The molecule has 0 aliphatic rings. The molecule has 3 aromatic heterocycles. The number of hydrogen-bond donors (Lipinski definition) is 1. The molecule has 0 saturated carbocycles. The molecule has 0 unspecified atom stereocenters. The van der Waals surface area contributed by atoms with Gasteiger partial charge >= 0.3 is 0 Å². The molecular formula is C19H19N5O2S2. The summed E-state index contributed by atoms with van der Waals surface area (Å²) < 4.78 is 4.52. The van der Waals surface area contributed by atoms with Crippen molar-refractivity contribution in [2.45, 2.75) is 26.8 Å². The molecule has 0 aliphatic heterocycles. The zero-order valence-corrected chi connectivity index (χ0v) is 17.4. The number of para-hydroxylation sites is 1. The molecule has 0 aliphatic carbocycles. The predicted octanol–water partition coefficient (Wildman–Crippen LogP) is 2.65. The van der Waals surface area contributed by atoms with E-state index in [1.807, 2.05) is 49.7 Å². The number of aromatic nitrogens is 3. The molecule has 0 radical (unpaired) electrons. The second-order valence-electron chi connectivity index (χ2n) is 6.51. The van der Waals surface area contributed by atoms with E-state index in [4.69, 9.17) is 0 Å². The van der Waals surface area contributed by atoms with E-state index in [-0.39, 0.29) is 24.4 Å². The van der Waals surface area contributed by atoms with Gasteiger partial charge in [0, 0.05) is 24.9 Å². The summed E-state index contributed by atoms with van der Waals surface area (Å²) in [5.41, 5.74) is 4.51. The number of fused-ring (bicyclic) bond motifs is 2. The number of carbonyl (C=O) groups excluding carboxylic acids is 1. The van der Waals surface area contributed by atoms with Crippen LogP contribution in [0, 0.1) is 13.8 Å². The topological polar surface area (TPSA) is 81.3 Å². The van der Waals surface area contributed by atoms with Crippen molar-refractivity contribution in [3.05, 3.63) is 56.2 Å². The first-order valence-electron chi connectivity index (χ1n) is 8.78. The normalized spacial score (nSPS) is 12.2. The lowest BCUT2D eigenvalue weighted by atomic mass is 10.2. The minimum Gasteiger partial charge on any atom is -0.318 e. The van der Waals surface area contributed by atoms with E-state index >= 15 is 0 Å². The number of rotatable bonds is 4. The predicted molar refractivity (Wildman–Crippen MR) is 112 cm³/mol. The molecule has 9 heteroatoms. The van der Waals surface area contributed by atoms with E-state index < -0.39 is 0 Å². The average molecular weight is 414 g/mol. The number of aryl methyl sites for hydroxylation is 4. The highest BCUT2D eigenvalue weighted by Crippen LogP contribution is 2.25. The van der Waals surface area contributed by atoms with E-state index in [9.17, 15) is 9.59 Å². The van der Waals surface area contributed by atoms with Gasteiger partial charge in [0.05, 0.1) is 21.9 Å². The second kappa shape index (κ2) is 7.33. The minimum absolute atomic E-state index is 0.104. The van der Waals surface area contributed by atoms with Crippen LogP contribution in [0.2, 0.25) is 0 Å². The maximum Gasteiger partial charge on any atom is 0.262 e. The van der Waals surface area contributed by atoms with E-state index in [2.05, 4.69) is 15.5 Å². The molecule has 144 valence electrons. The van der Waals surface area contributed by atoms with Gasteiger partial charge in [0.2, 0.25) is 10.7 Å². The number of amides is 1. The van der Waals surface area contributed by atoms with Gasteiger partial charge in [-0.05, 0) is 31.5 Å². The Balaban J connectivity index is 1.49. The molecule has 0 saturated heterocycles. The summed E-state index contributed by atoms with van der Waals surface area (Å²) in [6, 6.07) is 7.97. The number of carbonyl (C=O) groups is 1. The Morgan fingerprint density at radius 1 is 1.25 bits per heavy atom. The van der Waals surface area contributed by atoms with Crippen molar-refractivity contribution >= 4 is 49.0 Å². The standard InChI is InChI=1S/C19H19N5O2S2/c1-11-12(2)27-17-16(11)18(26)24(10-20-17)9-8-15(25)21-22-19-23(3)13-6-4-5-7-14(13)28-19/h4-7,10H,8-9H2,1-3H3,(H,21,25)/b22-19-. The third-order valence-corrected chi connectivity index (χ3v) is 6.95. The van der Waals surface area contributed by atoms with E-state index in [1.54, 1.807) is 0 Å². The maximum absolute atomic E-state index is 12.7. The zero-order chi connectivity index (χ0) is 19.8. The van der Waals surface area contributed by atoms with Gasteiger partial charge in [-0.25, -0.2) is 10.4 Å². The van der Waals surface area contributed by atoms with Crippen LogP contribution in [0.25, 0.3) is 20.4 Å². The minimum atomic E-state index is -0.248. The lowest BCUT2D eigenvalue weighted by Crippen LogP contribution is -2.27. The molecule has 0 spiro atoms. The largest absolute Gasteiger partial charge is 0.318 e. The quantitative estimate of drug-likeness (QED) is 0.522. The Hall–Kier alpha value is -2.78. The second-order valence-corrected chi connectivity index (χ2v) is 8.73. The Kier molecular flexibility index (Phi) is 4.86. The zero-order valence-electron chi connectivity index (χ0n) is 15.7.